The van der Waals surface area contributed by atoms with Crippen LogP contribution >= 0.6 is 11.3 Å². The van der Waals surface area contributed by atoms with Gasteiger partial charge in [0.25, 0.3) is 0 Å². The van der Waals surface area contributed by atoms with E-state index in [0.29, 0.717) is 25.2 Å². The molecule has 0 aromatic carbocycles. The minimum atomic E-state index is -0.603. The Morgan fingerprint density at radius 3 is 2.85 bits per heavy atom. The van der Waals surface area contributed by atoms with Gasteiger partial charge in [0.2, 0.25) is 5.91 Å². The Kier molecular flexibility index (Phi) is 5.94. The molecule has 1 rings (SSSR count). The van der Waals surface area contributed by atoms with E-state index in [1.165, 1.54) is 11.3 Å². The van der Waals surface area contributed by atoms with Crippen molar-refractivity contribution in [3.05, 3.63) is 26.5 Å². The van der Waals surface area contributed by atoms with E-state index in [0.717, 1.165) is 5.01 Å². The molecule has 0 aliphatic heterocycles. The van der Waals surface area contributed by atoms with Gasteiger partial charge >= 0.3 is 0 Å². The second kappa shape index (κ2) is 7.23. The summed E-state index contributed by atoms with van der Waals surface area (Å²) < 4.78 is 0. The third-order valence-corrected chi connectivity index (χ3v) is 3.88. The molecule has 1 amide bonds. The molecule has 1 heterocycles. The van der Waals surface area contributed by atoms with Crippen LogP contribution < -0.4 is 11.1 Å². The zero-order valence-corrected chi connectivity index (χ0v) is 12.8. The lowest BCUT2D eigenvalue weighted by atomic mass is 9.98. The molecule has 1 atom stereocenters. The smallest absolute Gasteiger partial charge is 0.240 e. The Labute approximate surface area is 122 Å². The summed E-state index contributed by atoms with van der Waals surface area (Å²) in [5, 5.41) is 9.30. The van der Waals surface area contributed by atoms with Crippen molar-refractivity contribution in [3.8, 4) is 0 Å². The number of primary amides is 1. The molecule has 0 aliphatic rings. The van der Waals surface area contributed by atoms with Crippen LogP contribution in [0.5, 0.6) is 0 Å². The fraction of sp³-hybridized carbons (Fsp3) is 0.667. The predicted molar refractivity (Wildman–Crippen MR) is 79.4 cm³/mol. The van der Waals surface area contributed by atoms with Crippen LogP contribution in [0.4, 0.5) is 0 Å². The van der Waals surface area contributed by atoms with Crippen molar-refractivity contribution in [3.63, 3.8) is 0 Å². The predicted octanol–water partition coefficient (Wildman–Crippen LogP) is 2.26. The number of amides is 1. The number of nitrogens with two attached hydrogens (primary N) is 1. The number of azide groups is 1. The number of carbonyl (C=O) groups is 1. The summed E-state index contributed by atoms with van der Waals surface area (Å²) in [6.07, 6.45) is 0.643. The lowest BCUT2D eigenvalue weighted by Gasteiger charge is -2.15. The molecular formula is C12H20N6OS. The molecular weight excluding hydrogens is 276 g/mol. The third-order valence-electron chi connectivity index (χ3n) is 2.59. The molecule has 0 radical (unpaired) electrons. The van der Waals surface area contributed by atoms with Crippen LogP contribution in [0, 0.1) is 0 Å². The van der Waals surface area contributed by atoms with Crippen LogP contribution in [0.3, 0.4) is 0 Å². The van der Waals surface area contributed by atoms with E-state index in [4.69, 9.17) is 11.3 Å². The molecule has 1 aromatic heterocycles. The number of hydrogen-bond acceptors (Lipinski definition) is 5. The van der Waals surface area contributed by atoms with Gasteiger partial charge in [-0.15, -0.1) is 11.3 Å². The first-order valence-electron chi connectivity index (χ1n) is 6.35. The van der Waals surface area contributed by atoms with Gasteiger partial charge in [-0.05, 0) is 18.5 Å². The lowest BCUT2D eigenvalue weighted by molar-refractivity contribution is -0.120. The Balaban J connectivity index is 2.69. The molecule has 0 fully saturated rings. The lowest BCUT2D eigenvalue weighted by Crippen LogP contribution is -2.34. The van der Waals surface area contributed by atoms with Gasteiger partial charge in [-0.1, -0.05) is 25.9 Å². The van der Waals surface area contributed by atoms with Crippen molar-refractivity contribution in [2.24, 2.45) is 10.8 Å². The van der Waals surface area contributed by atoms with Gasteiger partial charge in [0.05, 0.1) is 10.7 Å². The number of rotatable bonds is 7. The van der Waals surface area contributed by atoms with E-state index >= 15 is 0 Å². The highest BCUT2D eigenvalue weighted by atomic mass is 32.1. The van der Waals surface area contributed by atoms with Gasteiger partial charge < -0.3 is 11.1 Å². The molecule has 8 heteroatoms. The second-order valence-corrected chi connectivity index (χ2v) is 6.28. The SMILES string of the molecule is CC(C)(C)c1nc(C(NCCCN=[N+]=[N-])C(N)=O)cs1. The summed E-state index contributed by atoms with van der Waals surface area (Å²) >= 11 is 1.52. The average Bonchev–Trinajstić information content (AvgIpc) is 2.82. The van der Waals surface area contributed by atoms with Crippen molar-refractivity contribution in [1.29, 1.82) is 0 Å². The Morgan fingerprint density at radius 1 is 1.65 bits per heavy atom. The summed E-state index contributed by atoms with van der Waals surface area (Å²) in [6, 6.07) is -0.603. The molecule has 0 bridgehead atoms. The standard InChI is InChI=1S/C12H20N6OS/c1-12(2,3)11-17-8(7-20-11)9(10(13)19)15-5-4-6-16-18-14/h7,9,15H,4-6H2,1-3H3,(H2,13,19). The number of thiazole rings is 1. The first kappa shape index (κ1) is 16.4. The molecule has 1 unspecified atom stereocenters. The van der Waals surface area contributed by atoms with Gasteiger partial charge in [-0.25, -0.2) is 4.98 Å². The zero-order valence-electron chi connectivity index (χ0n) is 12.0. The highest BCUT2D eigenvalue weighted by molar-refractivity contribution is 7.09. The Morgan fingerprint density at radius 2 is 2.35 bits per heavy atom. The van der Waals surface area contributed by atoms with Gasteiger partial charge in [-0.2, -0.15) is 0 Å². The molecule has 0 saturated carbocycles. The largest absolute Gasteiger partial charge is 0.368 e. The molecule has 20 heavy (non-hydrogen) atoms. The molecule has 0 saturated heterocycles. The highest BCUT2D eigenvalue weighted by Gasteiger charge is 2.24. The fourth-order valence-corrected chi connectivity index (χ4v) is 2.49. The number of aromatic nitrogens is 1. The Hall–Kier alpha value is -1.63. The topological polar surface area (TPSA) is 117 Å². The molecule has 1 aromatic rings. The van der Waals surface area contributed by atoms with Crippen LogP contribution in [0.2, 0.25) is 0 Å². The summed E-state index contributed by atoms with van der Waals surface area (Å²) in [5.41, 5.74) is 14.2. The van der Waals surface area contributed by atoms with Crippen LogP contribution in [-0.4, -0.2) is 24.0 Å². The average molecular weight is 296 g/mol. The van der Waals surface area contributed by atoms with E-state index in [1.54, 1.807) is 0 Å². The maximum absolute atomic E-state index is 11.5. The number of carbonyl (C=O) groups excluding carboxylic acids is 1. The maximum Gasteiger partial charge on any atom is 0.240 e. The quantitative estimate of drug-likeness (QED) is 0.348. The summed E-state index contributed by atoms with van der Waals surface area (Å²) in [4.78, 5) is 18.7. The Bertz CT molecular complexity index is 500. The van der Waals surface area contributed by atoms with Crippen molar-refractivity contribution in [2.45, 2.75) is 38.6 Å². The molecule has 0 spiro atoms. The van der Waals surface area contributed by atoms with Gasteiger partial charge in [-0.3, -0.25) is 4.79 Å². The van der Waals surface area contributed by atoms with Crippen LogP contribution in [0.15, 0.2) is 10.5 Å². The van der Waals surface area contributed by atoms with E-state index in [-0.39, 0.29) is 5.41 Å². The normalized spacial score (nSPS) is 12.8. The number of nitrogens with one attached hydrogen (secondary N) is 1. The fourth-order valence-electron chi connectivity index (χ4n) is 1.56. The summed E-state index contributed by atoms with van der Waals surface area (Å²) in [7, 11) is 0. The van der Waals surface area contributed by atoms with Gasteiger partial charge in [0.15, 0.2) is 0 Å². The first-order chi connectivity index (χ1) is 9.36. The van der Waals surface area contributed by atoms with Crippen LogP contribution in [0.1, 0.15) is 43.9 Å². The minimum absolute atomic E-state index is 0.0490. The van der Waals surface area contributed by atoms with E-state index in [9.17, 15) is 4.79 Å². The molecule has 7 nitrogen and oxygen atoms in total. The maximum atomic E-state index is 11.5. The van der Waals surface area contributed by atoms with Crippen molar-refractivity contribution >= 4 is 17.2 Å². The highest BCUT2D eigenvalue weighted by Crippen LogP contribution is 2.27. The van der Waals surface area contributed by atoms with E-state index < -0.39 is 11.9 Å². The number of hydrogen-bond donors (Lipinski definition) is 2. The van der Waals surface area contributed by atoms with Crippen LogP contribution in [0.25, 0.3) is 10.4 Å². The minimum Gasteiger partial charge on any atom is -0.368 e. The van der Waals surface area contributed by atoms with Crippen molar-refractivity contribution in [1.82, 2.24) is 10.3 Å². The van der Waals surface area contributed by atoms with Gasteiger partial charge in [0, 0.05) is 22.3 Å². The molecule has 0 aliphatic carbocycles. The third kappa shape index (κ3) is 4.80. The van der Waals surface area contributed by atoms with Crippen molar-refractivity contribution < 1.29 is 4.79 Å². The van der Waals surface area contributed by atoms with Crippen molar-refractivity contribution in [2.75, 3.05) is 13.1 Å². The molecule has 3 N–H and O–H groups in total. The first-order valence-corrected chi connectivity index (χ1v) is 7.23. The van der Waals surface area contributed by atoms with E-state index in [1.807, 2.05) is 5.38 Å². The number of nitrogens with zero attached hydrogens (tertiary/aromatic N) is 4. The molecule has 110 valence electrons. The monoisotopic (exact) mass is 296 g/mol. The van der Waals surface area contributed by atoms with Crippen LogP contribution in [-0.2, 0) is 10.2 Å². The zero-order chi connectivity index (χ0) is 15.2. The second-order valence-electron chi connectivity index (χ2n) is 5.43. The van der Waals surface area contributed by atoms with E-state index in [2.05, 4.69) is 41.1 Å². The van der Waals surface area contributed by atoms with Gasteiger partial charge in [0.1, 0.15) is 6.04 Å². The summed E-state index contributed by atoms with van der Waals surface area (Å²) in [6.45, 7) is 7.14. The summed E-state index contributed by atoms with van der Waals surface area (Å²) in [5.74, 6) is -0.459.